The van der Waals surface area contributed by atoms with Crippen LogP contribution in [0.15, 0.2) is 24.5 Å². The molecular formula is C27H38N8O2. The summed E-state index contributed by atoms with van der Waals surface area (Å²) in [6, 6.07) is 6.78. The second-order valence-corrected chi connectivity index (χ2v) is 10.5. The summed E-state index contributed by atoms with van der Waals surface area (Å²) in [4.78, 5) is 22.1. The Kier molecular flexibility index (Phi) is 7.27. The number of imidazole rings is 1. The maximum atomic E-state index is 5.79. The van der Waals surface area contributed by atoms with Crippen molar-refractivity contribution in [2.45, 2.75) is 44.6 Å². The molecule has 0 radical (unpaired) electrons. The molecule has 1 unspecified atom stereocenters. The maximum Gasteiger partial charge on any atom is 0.231 e. The number of rotatable bonds is 8. The lowest BCUT2D eigenvalue weighted by atomic mass is 9.95. The number of hydrogen-bond acceptors (Lipinski definition) is 9. The van der Waals surface area contributed by atoms with Crippen molar-refractivity contribution < 1.29 is 9.47 Å². The quantitative estimate of drug-likeness (QED) is 0.418. The zero-order valence-electron chi connectivity index (χ0n) is 21.7. The van der Waals surface area contributed by atoms with Crippen LogP contribution in [0.2, 0.25) is 0 Å². The van der Waals surface area contributed by atoms with E-state index < -0.39 is 0 Å². The predicted molar refractivity (Wildman–Crippen MR) is 146 cm³/mol. The van der Waals surface area contributed by atoms with Crippen LogP contribution < -0.4 is 20.3 Å². The Morgan fingerprint density at radius 3 is 2.78 bits per heavy atom. The molecule has 0 bridgehead atoms. The molecule has 1 saturated carbocycles. The van der Waals surface area contributed by atoms with E-state index in [4.69, 9.17) is 14.5 Å². The van der Waals surface area contributed by atoms with E-state index in [1.54, 1.807) is 13.4 Å². The molecule has 3 aromatic rings. The summed E-state index contributed by atoms with van der Waals surface area (Å²) in [6.07, 6.45) is 9.05. The van der Waals surface area contributed by atoms with Crippen molar-refractivity contribution >= 4 is 34.3 Å². The van der Waals surface area contributed by atoms with Gasteiger partial charge in [-0.05, 0) is 37.3 Å². The molecule has 2 saturated heterocycles. The second kappa shape index (κ2) is 11.1. The normalized spacial score (nSPS) is 21.4. The molecular weight excluding hydrogens is 468 g/mol. The van der Waals surface area contributed by atoms with E-state index in [0.29, 0.717) is 17.9 Å². The van der Waals surface area contributed by atoms with Gasteiger partial charge >= 0.3 is 0 Å². The molecule has 1 aromatic carbocycles. The minimum absolute atomic E-state index is 0.428. The van der Waals surface area contributed by atoms with Gasteiger partial charge in [0.15, 0.2) is 11.5 Å². The third-order valence-corrected chi connectivity index (χ3v) is 7.93. The number of ether oxygens (including phenoxy) is 2. The fourth-order valence-electron chi connectivity index (χ4n) is 5.90. The fourth-order valence-corrected chi connectivity index (χ4v) is 5.90. The zero-order chi connectivity index (χ0) is 25.0. The molecule has 10 nitrogen and oxygen atoms in total. The van der Waals surface area contributed by atoms with E-state index in [9.17, 15) is 0 Å². The van der Waals surface area contributed by atoms with Crippen LogP contribution in [0.1, 0.15) is 38.5 Å². The number of anilines is 4. The number of hydrogen-bond donors (Lipinski definition) is 3. The van der Waals surface area contributed by atoms with Gasteiger partial charge < -0.3 is 30.0 Å². The zero-order valence-corrected chi connectivity index (χ0v) is 21.7. The molecule has 37 heavy (non-hydrogen) atoms. The van der Waals surface area contributed by atoms with Gasteiger partial charge in [0.05, 0.1) is 32.3 Å². The molecule has 198 valence electrons. The van der Waals surface area contributed by atoms with Crippen molar-refractivity contribution in [2.75, 3.05) is 68.6 Å². The largest absolute Gasteiger partial charge is 0.494 e. The van der Waals surface area contributed by atoms with Crippen LogP contribution in [-0.2, 0) is 4.74 Å². The molecule has 1 aliphatic carbocycles. The van der Waals surface area contributed by atoms with Crippen LogP contribution in [0, 0.1) is 5.92 Å². The molecule has 2 aliphatic heterocycles. The average Bonchev–Trinajstić information content (AvgIpc) is 3.60. The van der Waals surface area contributed by atoms with Gasteiger partial charge in [-0.3, -0.25) is 4.90 Å². The molecule has 4 heterocycles. The van der Waals surface area contributed by atoms with Gasteiger partial charge in [-0.2, -0.15) is 9.97 Å². The molecule has 10 heteroatoms. The van der Waals surface area contributed by atoms with Crippen LogP contribution in [-0.4, -0.2) is 83.9 Å². The fraction of sp³-hybridized carbons (Fsp3) is 0.593. The van der Waals surface area contributed by atoms with Crippen LogP contribution in [0.25, 0.3) is 11.2 Å². The Hall–Kier alpha value is -3.11. The van der Waals surface area contributed by atoms with E-state index in [2.05, 4.69) is 53.6 Å². The van der Waals surface area contributed by atoms with Gasteiger partial charge in [0.2, 0.25) is 5.95 Å². The Morgan fingerprint density at radius 1 is 1.08 bits per heavy atom. The van der Waals surface area contributed by atoms with Gasteiger partial charge in [0, 0.05) is 50.5 Å². The number of benzene rings is 1. The lowest BCUT2D eigenvalue weighted by molar-refractivity contribution is 0.0320. The molecule has 3 aliphatic rings. The summed E-state index contributed by atoms with van der Waals surface area (Å²) in [6.45, 7) is 7.11. The Morgan fingerprint density at radius 2 is 1.95 bits per heavy atom. The second-order valence-electron chi connectivity index (χ2n) is 10.5. The summed E-state index contributed by atoms with van der Waals surface area (Å²) < 4.78 is 11.3. The summed E-state index contributed by atoms with van der Waals surface area (Å²) in [5.41, 5.74) is 3.53. The molecule has 1 atom stereocenters. The number of morpholine rings is 1. The summed E-state index contributed by atoms with van der Waals surface area (Å²) in [5, 5.41) is 7.01. The number of nitrogens with zero attached hydrogens (tertiary/aromatic N) is 5. The van der Waals surface area contributed by atoms with Crippen molar-refractivity contribution in [3.63, 3.8) is 0 Å². The predicted octanol–water partition coefficient (Wildman–Crippen LogP) is 4.01. The van der Waals surface area contributed by atoms with E-state index in [0.717, 1.165) is 87.2 Å². The van der Waals surface area contributed by atoms with Gasteiger partial charge in [0.1, 0.15) is 11.3 Å². The summed E-state index contributed by atoms with van der Waals surface area (Å²) >= 11 is 0. The van der Waals surface area contributed by atoms with Crippen LogP contribution in [0.4, 0.5) is 23.1 Å². The lowest BCUT2D eigenvalue weighted by Gasteiger charge is -2.29. The maximum absolute atomic E-state index is 5.79. The van der Waals surface area contributed by atoms with Crippen LogP contribution in [0.3, 0.4) is 0 Å². The highest BCUT2D eigenvalue weighted by Crippen LogP contribution is 2.34. The first kappa shape index (κ1) is 24.2. The molecule has 6 rings (SSSR count). The van der Waals surface area contributed by atoms with Gasteiger partial charge in [-0.1, -0.05) is 19.3 Å². The Balaban J connectivity index is 1.16. The number of methoxy groups -OCH3 is 1. The van der Waals surface area contributed by atoms with E-state index in [-0.39, 0.29) is 0 Å². The number of nitrogens with one attached hydrogen (secondary N) is 3. The third-order valence-electron chi connectivity index (χ3n) is 7.93. The first-order valence-electron chi connectivity index (χ1n) is 13.7. The van der Waals surface area contributed by atoms with Gasteiger partial charge in [0.25, 0.3) is 0 Å². The van der Waals surface area contributed by atoms with E-state index >= 15 is 0 Å². The number of aromatic amines is 1. The highest BCUT2D eigenvalue weighted by Gasteiger charge is 2.26. The summed E-state index contributed by atoms with van der Waals surface area (Å²) in [7, 11) is 1.71. The molecule has 3 fully saturated rings. The first-order chi connectivity index (χ1) is 18.2. The molecule has 3 N–H and O–H groups in total. The van der Waals surface area contributed by atoms with Crippen LogP contribution in [0.5, 0.6) is 5.75 Å². The molecule has 0 amide bonds. The van der Waals surface area contributed by atoms with E-state index in [1.807, 2.05) is 0 Å². The lowest BCUT2D eigenvalue weighted by Crippen LogP contribution is -2.39. The summed E-state index contributed by atoms with van der Waals surface area (Å²) in [5.74, 6) is 2.77. The van der Waals surface area contributed by atoms with Crippen molar-refractivity contribution in [3.05, 3.63) is 24.5 Å². The minimum atomic E-state index is 0.428. The number of H-pyrrole nitrogens is 1. The number of aromatic nitrogens is 4. The first-order valence-corrected chi connectivity index (χ1v) is 13.7. The topological polar surface area (TPSA) is 103 Å². The highest BCUT2D eigenvalue weighted by molar-refractivity contribution is 5.84. The third kappa shape index (κ3) is 5.60. The monoisotopic (exact) mass is 506 g/mol. The van der Waals surface area contributed by atoms with Crippen molar-refractivity contribution in [3.8, 4) is 5.75 Å². The molecule has 2 aromatic heterocycles. The van der Waals surface area contributed by atoms with Crippen molar-refractivity contribution in [1.29, 1.82) is 0 Å². The SMILES string of the molecule is COc1cc(N2CCC(CN3CCOCC3)C2)ccc1Nc1nc(NC2CCCCC2)c2nc[nH]c2n1. The standard InChI is InChI=1S/C27H38N8O2/c1-36-23-15-21(35-10-9-19(17-35)16-34-11-13-37-14-12-34)7-8-22(23)31-27-32-25-24(28-18-29-25)26(33-27)30-20-5-3-2-4-6-20/h7-8,15,18-20H,2-6,9-14,16-17H2,1H3,(H3,28,29,30,31,32,33). The van der Waals surface area contributed by atoms with Gasteiger partial charge in [-0.15, -0.1) is 0 Å². The smallest absolute Gasteiger partial charge is 0.231 e. The van der Waals surface area contributed by atoms with Gasteiger partial charge in [-0.25, -0.2) is 4.98 Å². The van der Waals surface area contributed by atoms with Crippen molar-refractivity contribution in [2.24, 2.45) is 5.92 Å². The minimum Gasteiger partial charge on any atom is -0.494 e. The Labute approximate surface area is 218 Å². The Bertz CT molecular complexity index is 1190. The average molecular weight is 507 g/mol. The van der Waals surface area contributed by atoms with Crippen LogP contribution >= 0.6 is 0 Å². The molecule has 0 spiro atoms. The van der Waals surface area contributed by atoms with Crippen molar-refractivity contribution in [1.82, 2.24) is 24.8 Å². The number of fused-ring (bicyclic) bond motifs is 1. The van der Waals surface area contributed by atoms with E-state index in [1.165, 1.54) is 31.4 Å². The highest BCUT2D eigenvalue weighted by atomic mass is 16.5.